The molecule has 0 aliphatic carbocycles. The molecule has 4 heteroatoms. The van der Waals surface area contributed by atoms with E-state index in [1.54, 1.807) is 14.2 Å². The fourth-order valence-electron chi connectivity index (χ4n) is 2.65. The molecule has 0 fully saturated rings. The Bertz CT molecular complexity index is 859. The quantitative estimate of drug-likeness (QED) is 0.771. The van der Waals surface area contributed by atoms with Crippen LogP contribution >= 0.6 is 0 Å². The van der Waals surface area contributed by atoms with Gasteiger partial charge in [0, 0.05) is 5.69 Å². The third-order valence-corrected chi connectivity index (χ3v) is 3.83. The van der Waals surface area contributed by atoms with Gasteiger partial charge in [0.1, 0.15) is 0 Å². The van der Waals surface area contributed by atoms with Crippen molar-refractivity contribution in [1.29, 1.82) is 0 Å². The predicted molar refractivity (Wildman–Crippen MR) is 95.8 cm³/mol. The molecule has 0 unspecified atom stereocenters. The molecule has 4 nitrogen and oxygen atoms in total. The number of rotatable bonds is 5. The Kier molecular flexibility index (Phi) is 4.66. The van der Waals surface area contributed by atoms with E-state index in [1.807, 2.05) is 60.7 Å². The summed E-state index contributed by atoms with van der Waals surface area (Å²) in [5.41, 5.74) is 1.75. The number of methoxy groups -OCH3 is 2. The first-order valence-corrected chi connectivity index (χ1v) is 7.69. The molecule has 0 bridgehead atoms. The van der Waals surface area contributed by atoms with Crippen LogP contribution in [0.5, 0.6) is 11.5 Å². The SMILES string of the molecule is COc1cc2ccc(CC(=O)Nc3ccccc3)cc2cc1OC. The Hall–Kier alpha value is -3.01. The summed E-state index contributed by atoms with van der Waals surface area (Å²) in [4.78, 5) is 12.2. The van der Waals surface area contributed by atoms with Crippen LogP contribution in [0, 0.1) is 0 Å². The number of carbonyl (C=O) groups excluding carboxylic acids is 1. The molecule has 3 aromatic carbocycles. The van der Waals surface area contributed by atoms with Crippen LogP contribution in [0.15, 0.2) is 60.7 Å². The van der Waals surface area contributed by atoms with Gasteiger partial charge in [-0.2, -0.15) is 0 Å². The van der Waals surface area contributed by atoms with E-state index < -0.39 is 0 Å². The van der Waals surface area contributed by atoms with Gasteiger partial charge in [-0.3, -0.25) is 4.79 Å². The molecule has 0 heterocycles. The van der Waals surface area contributed by atoms with Gasteiger partial charge >= 0.3 is 0 Å². The van der Waals surface area contributed by atoms with E-state index in [1.165, 1.54) is 0 Å². The van der Waals surface area contributed by atoms with Crippen LogP contribution in [0.3, 0.4) is 0 Å². The molecule has 1 N–H and O–H groups in total. The standard InChI is InChI=1S/C20H19NO3/c1-23-18-12-15-9-8-14(10-16(15)13-19(18)24-2)11-20(22)21-17-6-4-3-5-7-17/h3-10,12-13H,11H2,1-2H3,(H,21,22). The van der Waals surface area contributed by atoms with Gasteiger partial charge in [-0.15, -0.1) is 0 Å². The van der Waals surface area contributed by atoms with Gasteiger partial charge in [0.2, 0.25) is 5.91 Å². The predicted octanol–water partition coefficient (Wildman–Crippen LogP) is 4.04. The summed E-state index contributed by atoms with van der Waals surface area (Å²) in [6.45, 7) is 0. The van der Waals surface area contributed by atoms with Gasteiger partial charge in [0.05, 0.1) is 20.6 Å². The van der Waals surface area contributed by atoms with Crippen molar-refractivity contribution in [2.24, 2.45) is 0 Å². The zero-order valence-electron chi connectivity index (χ0n) is 13.7. The van der Waals surface area contributed by atoms with Crippen molar-refractivity contribution in [3.05, 3.63) is 66.2 Å². The van der Waals surface area contributed by atoms with Crippen LogP contribution in [-0.2, 0) is 11.2 Å². The number of anilines is 1. The third-order valence-electron chi connectivity index (χ3n) is 3.83. The smallest absolute Gasteiger partial charge is 0.228 e. The monoisotopic (exact) mass is 321 g/mol. The Morgan fingerprint density at radius 2 is 1.54 bits per heavy atom. The average Bonchev–Trinajstić information content (AvgIpc) is 2.61. The fourth-order valence-corrected chi connectivity index (χ4v) is 2.65. The first-order chi connectivity index (χ1) is 11.7. The van der Waals surface area contributed by atoms with Crippen LogP contribution in [0.2, 0.25) is 0 Å². The van der Waals surface area contributed by atoms with Gasteiger partial charge in [0.15, 0.2) is 11.5 Å². The Morgan fingerprint density at radius 1 is 0.875 bits per heavy atom. The molecule has 24 heavy (non-hydrogen) atoms. The number of para-hydroxylation sites is 1. The minimum absolute atomic E-state index is 0.0407. The zero-order chi connectivity index (χ0) is 16.9. The lowest BCUT2D eigenvalue weighted by molar-refractivity contribution is -0.115. The van der Waals surface area contributed by atoms with Gasteiger partial charge in [0.25, 0.3) is 0 Å². The lowest BCUT2D eigenvalue weighted by Crippen LogP contribution is -2.14. The van der Waals surface area contributed by atoms with Gasteiger partial charge in [-0.25, -0.2) is 0 Å². The van der Waals surface area contributed by atoms with Crippen molar-refractivity contribution in [3.8, 4) is 11.5 Å². The minimum Gasteiger partial charge on any atom is -0.493 e. The highest BCUT2D eigenvalue weighted by atomic mass is 16.5. The molecule has 0 aliphatic heterocycles. The van der Waals surface area contributed by atoms with Crippen LogP contribution < -0.4 is 14.8 Å². The summed E-state index contributed by atoms with van der Waals surface area (Å²) in [5.74, 6) is 1.33. The van der Waals surface area contributed by atoms with Crippen molar-refractivity contribution in [2.45, 2.75) is 6.42 Å². The Labute approximate surface area is 141 Å². The largest absolute Gasteiger partial charge is 0.493 e. The number of hydrogen-bond donors (Lipinski definition) is 1. The molecule has 0 aromatic heterocycles. The van der Waals surface area contributed by atoms with Crippen molar-refractivity contribution in [1.82, 2.24) is 0 Å². The molecule has 0 aliphatic rings. The van der Waals surface area contributed by atoms with E-state index in [0.29, 0.717) is 17.9 Å². The minimum atomic E-state index is -0.0407. The molecule has 1 amide bonds. The highest BCUT2D eigenvalue weighted by Crippen LogP contribution is 2.32. The summed E-state index contributed by atoms with van der Waals surface area (Å²) < 4.78 is 10.7. The molecular weight excluding hydrogens is 302 g/mol. The zero-order valence-corrected chi connectivity index (χ0v) is 13.7. The molecule has 3 aromatic rings. The molecule has 3 rings (SSSR count). The molecular formula is C20H19NO3. The van der Waals surface area contributed by atoms with Gasteiger partial charge in [-0.05, 0) is 40.6 Å². The molecule has 0 atom stereocenters. The summed E-state index contributed by atoms with van der Waals surface area (Å²) in [6.07, 6.45) is 0.319. The Balaban J connectivity index is 1.81. The number of fused-ring (bicyclic) bond motifs is 1. The molecule has 0 saturated carbocycles. The summed E-state index contributed by atoms with van der Waals surface area (Å²) in [5, 5.41) is 4.95. The molecule has 0 radical (unpaired) electrons. The number of amides is 1. The van der Waals surface area contributed by atoms with Crippen LogP contribution in [0.25, 0.3) is 10.8 Å². The lowest BCUT2D eigenvalue weighted by Gasteiger charge is -2.10. The van der Waals surface area contributed by atoms with Crippen molar-refractivity contribution >= 4 is 22.4 Å². The van der Waals surface area contributed by atoms with E-state index in [0.717, 1.165) is 22.0 Å². The van der Waals surface area contributed by atoms with Crippen LogP contribution in [0.1, 0.15) is 5.56 Å². The van der Waals surface area contributed by atoms with Crippen LogP contribution in [0.4, 0.5) is 5.69 Å². The second-order valence-corrected chi connectivity index (χ2v) is 5.48. The fraction of sp³-hybridized carbons (Fsp3) is 0.150. The van der Waals surface area contributed by atoms with Crippen molar-refractivity contribution < 1.29 is 14.3 Å². The normalized spacial score (nSPS) is 10.4. The number of carbonyl (C=O) groups is 1. The maximum Gasteiger partial charge on any atom is 0.228 e. The van der Waals surface area contributed by atoms with Gasteiger partial charge < -0.3 is 14.8 Å². The topological polar surface area (TPSA) is 47.6 Å². The van der Waals surface area contributed by atoms with E-state index in [-0.39, 0.29) is 5.91 Å². The highest BCUT2D eigenvalue weighted by Gasteiger charge is 2.08. The summed E-state index contributed by atoms with van der Waals surface area (Å²) in [7, 11) is 3.23. The molecule has 0 saturated heterocycles. The van der Waals surface area contributed by atoms with E-state index in [2.05, 4.69) is 5.32 Å². The van der Waals surface area contributed by atoms with E-state index in [4.69, 9.17) is 9.47 Å². The van der Waals surface area contributed by atoms with E-state index in [9.17, 15) is 4.79 Å². The maximum absolute atomic E-state index is 12.2. The second-order valence-electron chi connectivity index (χ2n) is 5.48. The third kappa shape index (κ3) is 3.49. The molecule has 0 spiro atoms. The number of hydrogen-bond acceptors (Lipinski definition) is 3. The second kappa shape index (κ2) is 7.04. The van der Waals surface area contributed by atoms with Gasteiger partial charge in [-0.1, -0.05) is 36.4 Å². The summed E-state index contributed by atoms with van der Waals surface area (Å²) >= 11 is 0. The lowest BCUT2D eigenvalue weighted by atomic mass is 10.0. The van der Waals surface area contributed by atoms with E-state index >= 15 is 0 Å². The highest BCUT2D eigenvalue weighted by molar-refractivity contribution is 5.93. The number of nitrogens with one attached hydrogen (secondary N) is 1. The average molecular weight is 321 g/mol. The summed E-state index contributed by atoms with van der Waals surface area (Å²) in [6, 6.07) is 19.2. The number of benzene rings is 3. The number of ether oxygens (including phenoxy) is 2. The van der Waals surface area contributed by atoms with Crippen molar-refractivity contribution in [2.75, 3.05) is 19.5 Å². The first-order valence-electron chi connectivity index (χ1n) is 7.69. The van der Waals surface area contributed by atoms with Crippen molar-refractivity contribution in [3.63, 3.8) is 0 Å². The van der Waals surface area contributed by atoms with Crippen LogP contribution in [-0.4, -0.2) is 20.1 Å². The molecule has 122 valence electrons. The Morgan fingerprint density at radius 3 is 2.21 bits per heavy atom. The maximum atomic E-state index is 12.2. The first kappa shape index (κ1) is 15.9.